The van der Waals surface area contributed by atoms with Crippen molar-refractivity contribution in [2.24, 2.45) is 10.7 Å². The van der Waals surface area contributed by atoms with Crippen molar-refractivity contribution in [3.63, 3.8) is 0 Å². The number of hydrogen-bond donors (Lipinski definition) is 1. The van der Waals surface area contributed by atoms with E-state index < -0.39 is 0 Å². The van der Waals surface area contributed by atoms with Gasteiger partial charge in [0, 0.05) is 29.1 Å². The van der Waals surface area contributed by atoms with Gasteiger partial charge in [-0.25, -0.2) is 0 Å². The number of hydrogen-bond acceptors (Lipinski definition) is 1. The minimum absolute atomic E-state index is 0. The van der Waals surface area contributed by atoms with Crippen LogP contribution in [-0.2, 0) is 6.42 Å². The molecule has 19 heavy (non-hydrogen) atoms. The number of nitrogens with zero attached hydrogens (tertiary/aromatic N) is 2. The number of aliphatic imine (C=N–C) groups is 1. The van der Waals surface area contributed by atoms with E-state index in [2.05, 4.69) is 34.8 Å². The van der Waals surface area contributed by atoms with Gasteiger partial charge in [-0.15, -0.1) is 24.0 Å². The van der Waals surface area contributed by atoms with Gasteiger partial charge in [0.2, 0.25) is 0 Å². The SMILES string of the molecule is CCN(CC)C(N)=NCCc1cc(Cl)ccc1Br.I. The first-order valence-corrected chi connectivity index (χ1v) is 7.24. The van der Waals surface area contributed by atoms with Crippen LogP contribution in [0.15, 0.2) is 27.7 Å². The summed E-state index contributed by atoms with van der Waals surface area (Å²) >= 11 is 9.47. The van der Waals surface area contributed by atoms with Crippen LogP contribution in [0, 0.1) is 0 Å². The summed E-state index contributed by atoms with van der Waals surface area (Å²) in [7, 11) is 0. The van der Waals surface area contributed by atoms with Crippen LogP contribution in [0.4, 0.5) is 0 Å². The van der Waals surface area contributed by atoms with E-state index in [1.54, 1.807) is 0 Å². The van der Waals surface area contributed by atoms with Gasteiger partial charge in [-0.3, -0.25) is 4.99 Å². The van der Waals surface area contributed by atoms with Gasteiger partial charge in [-0.2, -0.15) is 0 Å². The van der Waals surface area contributed by atoms with Crippen LogP contribution in [0.2, 0.25) is 5.02 Å². The van der Waals surface area contributed by atoms with Crippen LogP contribution < -0.4 is 5.73 Å². The predicted molar refractivity (Wildman–Crippen MR) is 97.7 cm³/mol. The van der Waals surface area contributed by atoms with Gasteiger partial charge in [-0.1, -0.05) is 27.5 Å². The van der Waals surface area contributed by atoms with E-state index in [0.717, 1.165) is 34.6 Å². The predicted octanol–water partition coefficient (Wildman–Crippen LogP) is 3.92. The number of benzene rings is 1. The molecule has 108 valence electrons. The Balaban J connectivity index is 0.00000324. The Morgan fingerprint density at radius 1 is 1.37 bits per heavy atom. The summed E-state index contributed by atoms with van der Waals surface area (Å²) in [4.78, 5) is 6.42. The summed E-state index contributed by atoms with van der Waals surface area (Å²) in [5, 5.41) is 0.744. The highest BCUT2D eigenvalue weighted by Gasteiger charge is 2.03. The maximum absolute atomic E-state index is 5.96. The minimum Gasteiger partial charge on any atom is -0.370 e. The van der Waals surface area contributed by atoms with Gasteiger partial charge >= 0.3 is 0 Å². The van der Waals surface area contributed by atoms with Crippen molar-refractivity contribution in [2.45, 2.75) is 20.3 Å². The summed E-state index contributed by atoms with van der Waals surface area (Å²) in [6.45, 7) is 6.57. The zero-order valence-corrected chi connectivity index (χ0v) is 15.9. The second kappa shape index (κ2) is 9.83. The van der Waals surface area contributed by atoms with Gasteiger partial charge in [0.05, 0.1) is 0 Å². The topological polar surface area (TPSA) is 41.6 Å². The molecule has 6 heteroatoms. The van der Waals surface area contributed by atoms with Gasteiger partial charge in [0.1, 0.15) is 0 Å². The third kappa shape index (κ3) is 6.31. The van der Waals surface area contributed by atoms with Crippen molar-refractivity contribution in [3.05, 3.63) is 33.3 Å². The van der Waals surface area contributed by atoms with Crippen LogP contribution in [0.3, 0.4) is 0 Å². The van der Waals surface area contributed by atoms with Gasteiger partial charge in [0.15, 0.2) is 5.96 Å². The maximum Gasteiger partial charge on any atom is 0.191 e. The molecule has 0 saturated carbocycles. The van der Waals surface area contributed by atoms with Crippen LogP contribution in [0.25, 0.3) is 0 Å². The van der Waals surface area contributed by atoms with E-state index in [-0.39, 0.29) is 24.0 Å². The molecule has 0 unspecified atom stereocenters. The second-order valence-electron chi connectivity index (χ2n) is 3.90. The van der Waals surface area contributed by atoms with Gasteiger partial charge in [-0.05, 0) is 44.0 Å². The highest BCUT2D eigenvalue weighted by molar-refractivity contribution is 14.0. The quantitative estimate of drug-likeness (QED) is 0.411. The molecule has 0 saturated heterocycles. The van der Waals surface area contributed by atoms with E-state index in [9.17, 15) is 0 Å². The number of nitrogens with two attached hydrogens (primary N) is 1. The molecule has 1 aromatic rings. The summed E-state index contributed by atoms with van der Waals surface area (Å²) in [5.41, 5.74) is 7.06. The first-order valence-electron chi connectivity index (χ1n) is 6.07. The highest BCUT2D eigenvalue weighted by atomic mass is 127. The number of rotatable bonds is 5. The van der Waals surface area contributed by atoms with Crippen molar-refractivity contribution in [2.75, 3.05) is 19.6 Å². The van der Waals surface area contributed by atoms with Crippen molar-refractivity contribution >= 4 is 57.5 Å². The van der Waals surface area contributed by atoms with E-state index in [1.165, 1.54) is 0 Å². The molecular formula is C13H20BrClIN3. The fourth-order valence-electron chi connectivity index (χ4n) is 1.67. The minimum atomic E-state index is 0. The number of guanidine groups is 1. The molecule has 0 heterocycles. The summed E-state index contributed by atoms with van der Waals surface area (Å²) in [6, 6.07) is 5.77. The molecule has 2 N–H and O–H groups in total. The lowest BCUT2D eigenvalue weighted by atomic mass is 10.1. The summed E-state index contributed by atoms with van der Waals surface area (Å²) in [5.74, 6) is 0.609. The third-order valence-corrected chi connectivity index (χ3v) is 3.76. The van der Waals surface area contributed by atoms with E-state index in [0.29, 0.717) is 12.5 Å². The Morgan fingerprint density at radius 3 is 2.58 bits per heavy atom. The van der Waals surface area contributed by atoms with Crippen molar-refractivity contribution < 1.29 is 0 Å². The van der Waals surface area contributed by atoms with Crippen LogP contribution in [-0.4, -0.2) is 30.5 Å². The van der Waals surface area contributed by atoms with Gasteiger partial charge in [0.25, 0.3) is 0 Å². The third-order valence-electron chi connectivity index (χ3n) is 2.75. The van der Waals surface area contributed by atoms with Crippen molar-refractivity contribution in [1.29, 1.82) is 0 Å². The van der Waals surface area contributed by atoms with E-state index in [4.69, 9.17) is 17.3 Å². The Hall–Kier alpha value is -0.0100. The lowest BCUT2D eigenvalue weighted by Crippen LogP contribution is -2.37. The standard InChI is InChI=1S/C13H19BrClN3.HI/c1-3-18(4-2)13(16)17-8-7-10-9-11(15)5-6-12(10)14;/h5-6,9H,3-4,7-8H2,1-2H3,(H2,16,17);1H. The molecule has 0 atom stereocenters. The Kier molecular flexibility index (Phi) is 9.82. The second-order valence-corrected chi connectivity index (χ2v) is 5.19. The van der Waals surface area contributed by atoms with Gasteiger partial charge < -0.3 is 10.6 Å². The average molecular weight is 461 g/mol. The molecule has 0 aromatic heterocycles. The fourth-order valence-corrected chi connectivity index (χ4v) is 2.31. The molecule has 0 spiro atoms. The molecule has 1 rings (SSSR count). The first-order chi connectivity index (χ1) is 8.58. The Labute approximate surface area is 145 Å². The van der Waals surface area contributed by atoms with Crippen molar-refractivity contribution in [1.82, 2.24) is 4.90 Å². The monoisotopic (exact) mass is 459 g/mol. The zero-order chi connectivity index (χ0) is 13.5. The summed E-state index contributed by atoms with van der Waals surface area (Å²) in [6.07, 6.45) is 0.823. The largest absolute Gasteiger partial charge is 0.370 e. The Morgan fingerprint density at radius 2 is 2.00 bits per heavy atom. The van der Waals surface area contributed by atoms with Crippen LogP contribution in [0.1, 0.15) is 19.4 Å². The molecule has 0 aliphatic rings. The van der Waals surface area contributed by atoms with E-state index in [1.807, 2.05) is 23.1 Å². The number of halogens is 3. The van der Waals surface area contributed by atoms with Crippen LogP contribution in [0.5, 0.6) is 0 Å². The van der Waals surface area contributed by atoms with E-state index >= 15 is 0 Å². The zero-order valence-electron chi connectivity index (χ0n) is 11.2. The normalized spacial score (nSPS) is 11.1. The molecule has 0 amide bonds. The Bertz CT molecular complexity index is 422. The van der Waals surface area contributed by atoms with Crippen molar-refractivity contribution in [3.8, 4) is 0 Å². The first kappa shape index (κ1) is 19.0. The maximum atomic E-state index is 5.96. The fraction of sp³-hybridized carbons (Fsp3) is 0.462. The molecule has 0 bridgehead atoms. The molecule has 0 fully saturated rings. The highest BCUT2D eigenvalue weighted by Crippen LogP contribution is 2.21. The lowest BCUT2D eigenvalue weighted by Gasteiger charge is -2.19. The van der Waals surface area contributed by atoms with Crippen LogP contribution >= 0.6 is 51.5 Å². The molecule has 0 aliphatic carbocycles. The summed E-state index contributed by atoms with van der Waals surface area (Å²) < 4.78 is 1.06. The molecule has 0 aliphatic heterocycles. The average Bonchev–Trinajstić information content (AvgIpc) is 2.35. The molecule has 0 radical (unpaired) electrons. The smallest absolute Gasteiger partial charge is 0.191 e. The molecule has 3 nitrogen and oxygen atoms in total. The molecular weight excluding hydrogens is 440 g/mol. The molecule has 1 aromatic carbocycles. The lowest BCUT2D eigenvalue weighted by molar-refractivity contribution is 0.458.